The number of likely N-dealkylation sites (tertiary alicyclic amines) is 1. The Morgan fingerprint density at radius 2 is 2.19 bits per heavy atom. The molecular weight excluding hydrogens is 421 g/mol. The molecule has 0 bridgehead atoms. The van der Waals surface area contributed by atoms with Gasteiger partial charge in [-0.05, 0) is 55.8 Å². The van der Waals surface area contributed by atoms with Crippen LogP contribution in [-0.2, 0) is 4.79 Å². The number of rotatable bonds is 7. The summed E-state index contributed by atoms with van der Waals surface area (Å²) in [5.41, 5.74) is 0. The van der Waals surface area contributed by atoms with Gasteiger partial charge in [0.05, 0.1) is 4.90 Å². The molecule has 0 unspecified atom stereocenters. The Kier molecular flexibility index (Phi) is 6.56. The number of halogens is 2. The van der Waals surface area contributed by atoms with Gasteiger partial charge in [0, 0.05) is 15.9 Å². The highest BCUT2D eigenvalue weighted by atomic mass is 79.9. The largest absolute Gasteiger partial charge is 0.491 e. The normalized spacial score (nSPS) is 17.4. The summed E-state index contributed by atoms with van der Waals surface area (Å²) in [5.74, 6) is -0.344. The van der Waals surface area contributed by atoms with E-state index in [4.69, 9.17) is 4.74 Å². The molecule has 0 spiro atoms. The van der Waals surface area contributed by atoms with Crippen molar-refractivity contribution in [1.82, 2.24) is 4.90 Å². The Bertz CT molecular complexity index is 789. The fraction of sp³-hybridized carbons (Fsp3) is 0.316. The highest BCUT2D eigenvalue weighted by molar-refractivity contribution is 9.10. The lowest BCUT2D eigenvalue weighted by atomic mass is 10.2. The first kappa shape index (κ1) is 19.2. The lowest BCUT2D eigenvalue weighted by Gasteiger charge is -2.21. The van der Waals surface area contributed by atoms with E-state index >= 15 is 0 Å². The van der Waals surface area contributed by atoms with E-state index in [1.165, 1.54) is 23.9 Å². The maximum atomic E-state index is 13.4. The summed E-state index contributed by atoms with van der Waals surface area (Å²) in [6.07, 6.45) is 1.59. The van der Waals surface area contributed by atoms with Gasteiger partial charge in [-0.3, -0.25) is 9.69 Å². The van der Waals surface area contributed by atoms with Gasteiger partial charge in [-0.2, -0.15) is 0 Å². The lowest BCUT2D eigenvalue weighted by Crippen LogP contribution is -2.38. The minimum absolute atomic E-state index is 0.277. The molecule has 0 aromatic heterocycles. The summed E-state index contributed by atoms with van der Waals surface area (Å²) in [7, 11) is 0. The van der Waals surface area contributed by atoms with Crippen LogP contribution in [0.3, 0.4) is 0 Å². The van der Waals surface area contributed by atoms with Crippen molar-refractivity contribution in [3.63, 3.8) is 0 Å². The van der Waals surface area contributed by atoms with Crippen LogP contribution < -0.4 is 4.74 Å². The highest BCUT2D eigenvalue weighted by Crippen LogP contribution is 2.37. The van der Waals surface area contributed by atoms with Crippen LogP contribution in [0.4, 0.5) is 4.39 Å². The number of benzene rings is 2. The van der Waals surface area contributed by atoms with Crippen LogP contribution in [0, 0.1) is 5.82 Å². The van der Waals surface area contributed by atoms with E-state index in [0.717, 1.165) is 27.2 Å². The van der Waals surface area contributed by atoms with E-state index in [2.05, 4.69) is 15.9 Å². The van der Waals surface area contributed by atoms with Crippen LogP contribution in [0.1, 0.15) is 12.8 Å². The van der Waals surface area contributed by atoms with Crippen molar-refractivity contribution in [2.45, 2.75) is 28.7 Å². The zero-order chi connectivity index (χ0) is 18.5. The number of carboxylic acids is 1. The zero-order valence-electron chi connectivity index (χ0n) is 14.0. The molecule has 3 rings (SSSR count). The van der Waals surface area contributed by atoms with Gasteiger partial charge < -0.3 is 9.84 Å². The first-order chi connectivity index (χ1) is 12.5. The van der Waals surface area contributed by atoms with Gasteiger partial charge in [0.1, 0.15) is 24.2 Å². The first-order valence-electron chi connectivity index (χ1n) is 8.35. The SMILES string of the molecule is O=C(O)[C@@H]1CCCN1CCOc1ccc(Br)cc1Sc1cccc(F)c1. The third kappa shape index (κ3) is 4.99. The fourth-order valence-corrected chi connectivity index (χ4v) is 4.48. The van der Waals surface area contributed by atoms with E-state index in [-0.39, 0.29) is 5.82 Å². The molecule has 0 amide bonds. The number of carbonyl (C=O) groups is 1. The summed E-state index contributed by atoms with van der Waals surface area (Å²) >= 11 is 4.88. The molecule has 2 aromatic carbocycles. The maximum Gasteiger partial charge on any atom is 0.320 e. The van der Waals surface area contributed by atoms with Gasteiger partial charge in [0.15, 0.2) is 0 Å². The minimum Gasteiger partial charge on any atom is -0.491 e. The van der Waals surface area contributed by atoms with Crippen LogP contribution in [0.5, 0.6) is 5.75 Å². The lowest BCUT2D eigenvalue weighted by molar-refractivity contribution is -0.142. The second-order valence-electron chi connectivity index (χ2n) is 6.03. The number of aliphatic carboxylic acids is 1. The molecule has 1 fully saturated rings. The summed E-state index contributed by atoms with van der Waals surface area (Å²) in [5, 5.41) is 9.24. The van der Waals surface area contributed by atoms with Crippen molar-refractivity contribution < 1.29 is 19.0 Å². The number of hydrogen-bond donors (Lipinski definition) is 1. The summed E-state index contributed by atoms with van der Waals surface area (Å²) < 4.78 is 20.2. The highest BCUT2D eigenvalue weighted by Gasteiger charge is 2.29. The Morgan fingerprint density at radius 3 is 2.96 bits per heavy atom. The van der Waals surface area contributed by atoms with E-state index in [1.807, 2.05) is 29.2 Å². The molecule has 1 aliphatic rings. The van der Waals surface area contributed by atoms with Gasteiger partial charge in [-0.15, -0.1) is 0 Å². The quantitative estimate of drug-likeness (QED) is 0.679. The van der Waals surface area contributed by atoms with Gasteiger partial charge >= 0.3 is 5.97 Å². The first-order valence-corrected chi connectivity index (χ1v) is 9.96. The number of hydrogen-bond acceptors (Lipinski definition) is 4. The summed E-state index contributed by atoms with van der Waals surface area (Å²) in [6.45, 7) is 1.75. The smallest absolute Gasteiger partial charge is 0.320 e. The molecular formula is C19H19BrFNO3S. The third-order valence-electron chi connectivity index (χ3n) is 4.21. The van der Waals surface area contributed by atoms with Gasteiger partial charge in [0.25, 0.3) is 0 Å². The predicted molar refractivity (Wildman–Crippen MR) is 102 cm³/mol. The van der Waals surface area contributed by atoms with Gasteiger partial charge in [-0.25, -0.2) is 4.39 Å². The Balaban J connectivity index is 1.65. The predicted octanol–water partition coefficient (Wildman–Crippen LogP) is 4.67. The molecule has 138 valence electrons. The molecule has 2 aromatic rings. The van der Waals surface area contributed by atoms with Gasteiger partial charge in [0.2, 0.25) is 0 Å². The Morgan fingerprint density at radius 1 is 1.35 bits per heavy atom. The standard InChI is InChI=1S/C19H19BrFNO3S/c20-13-6-7-17(18(11-13)26-15-4-1-3-14(21)12-15)25-10-9-22-8-2-5-16(22)19(23)24/h1,3-4,6-7,11-12,16H,2,5,8-10H2,(H,23,24)/t16-/m0/s1. The summed E-state index contributed by atoms with van der Waals surface area (Å²) in [6, 6.07) is 11.7. The molecule has 26 heavy (non-hydrogen) atoms. The maximum absolute atomic E-state index is 13.4. The van der Waals surface area contributed by atoms with Crippen molar-refractivity contribution in [3.05, 3.63) is 52.8 Å². The molecule has 1 heterocycles. The average molecular weight is 440 g/mol. The molecule has 4 nitrogen and oxygen atoms in total. The average Bonchev–Trinajstić information content (AvgIpc) is 3.06. The topological polar surface area (TPSA) is 49.8 Å². The number of carboxylic acid groups (broad SMARTS) is 1. The summed E-state index contributed by atoms with van der Waals surface area (Å²) in [4.78, 5) is 14.9. The Hall–Kier alpha value is -1.57. The van der Waals surface area contributed by atoms with Crippen LogP contribution in [0.15, 0.2) is 56.7 Å². The Labute approximate surface area is 164 Å². The molecule has 1 aliphatic heterocycles. The molecule has 7 heteroatoms. The van der Waals surface area contributed by atoms with Crippen molar-refractivity contribution in [2.75, 3.05) is 19.7 Å². The monoisotopic (exact) mass is 439 g/mol. The molecule has 0 aliphatic carbocycles. The second kappa shape index (κ2) is 8.88. The van der Waals surface area contributed by atoms with E-state index in [9.17, 15) is 14.3 Å². The van der Waals surface area contributed by atoms with Crippen molar-refractivity contribution in [1.29, 1.82) is 0 Å². The van der Waals surface area contributed by atoms with Crippen molar-refractivity contribution in [3.8, 4) is 5.75 Å². The minimum atomic E-state index is -0.770. The molecule has 0 radical (unpaired) electrons. The van der Waals surface area contributed by atoms with Crippen LogP contribution in [0.2, 0.25) is 0 Å². The third-order valence-corrected chi connectivity index (χ3v) is 5.74. The second-order valence-corrected chi connectivity index (χ2v) is 8.06. The van der Waals surface area contributed by atoms with Crippen LogP contribution >= 0.6 is 27.7 Å². The van der Waals surface area contributed by atoms with Crippen LogP contribution in [-0.4, -0.2) is 41.7 Å². The fourth-order valence-electron chi connectivity index (χ4n) is 2.98. The van der Waals surface area contributed by atoms with Crippen molar-refractivity contribution >= 4 is 33.7 Å². The number of ether oxygens (including phenoxy) is 1. The van der Waals surface area contributed by atoms with Gasteiger partial charge in [-0.1, -0.05) is 33.8 Å². The zero-order valence-corrected chi connectivity index (χ0v) is 16.4. The van der Waals surface area contributed by atoms with E-state index in [0.29, 0.717) is 25.3 Å². The van der Waals surface area contributed by atoms with E-state index < -0.39 is 12.0 Å². The molecule has 0 saturated carbocycles. The van der Waals surface area contributed by atoms with Crippen LogP contribution in [0.25, 0.3) is 0 Å². The van der Waals surface area contributed by atoms with Crippen molar-refractivity contribution in [2.24, 2.45) is 0 Å². The molecule has 1 saturated heterocycles. The number of nitrogens with zero attached hydrogens (tertiary/aromatic N) is 1. The van der Waals surface area contributed by atoms with E-state index in [1.54, 1.807) is 6.07 Å². The molecule has 1 atom stereocenters. The molecule has 1 N–H and O–H groups in total.